The number of unbranched alkanes of at least 4 members (excludes halogenated alkanes) is 2. The average Bonchev–Trinajstić information content (AvgIpc) is 2.72. The molecule has 2 rings (SSSR count). The maximum absolute atomic E-state index is 13.4. The molecule has 19 heavy (non-hydrogen) atoms. The molecule has 0 amide bonds. The Morgan fingerprint density at radius 1 is 0.895 bits per heavy atom. The Morgan fingerprint density at radius 2 is 1.32 bits per heavy atom. The minimum absolute atomic E-state index is 0.725. The summed E-state index contributed by atoms with van der Waals surface area (Å²) in [5, 5.41) is 0. The van der Waals surface area contributed by atoms with E-state index in [1.54, 1.807) is 0 Å². The fraction of sp³-hybridized carbons (Fsp3) is 0.533. The fourth-order valence-corrected chi connectivity index (χ4v) is 2.19. The van der Waals surface area contributed by atoms with Gasteiger partial charge in [-0.1, -0.05) is 26.7 Å². The zero-order valence-corrected chi connectivity index (χ0v) is 11.5. The molecule has 0 saturated carbocycles. The van der Waals surface area contributed by atoms with Gasteiger partial charge in [0.05, 0.1) is 11.4 Å². The van der Waals surface area contributed by atoms with Crippen LogP contribution >= 0.6 is 0 Å². The van der Waals surface area contributed by atoms with E-state index in [-0.39, 0.29) is 0 Å². The number of hydrogen-bond donors (Lipinski definition) is 0. The molecule has 4 heteroatoms. The van der Waals surface area contributed by atoms with E-state index in [0.29, 0.717) is 0 Å². The van der Waals surface area contributed by atoms with E-state index in [4.69, 9.17) is 0 Å². The molecule has 0 bridgehead atoms. The van der Waals surface area contributed by atoms with Crippen molar-refractivity contribution in [1.82, 2.24) is 0 Å². The summed E-state index contributed by atoms with van der Waals surface area (Å²) in [5.41, 5.74) is 1.45. The van der Waals surface area contributed by atoms with Gasteiger partial charge >= 0.3 is 0 Å². The Kier molecular flexibility index (Phi) is 4.61. The standard InChI is InChI=1S/C15H20F2N2/c1-3-5-7-18-11-19(8-6-4-2)15-10-13(17)12(16)9-14(15)18/h9-10H,3-8H2,1-2H3. The molecular weight excluding hydrogens is 246 g/mol. The lowest BCUT2D eigenvalue weighted by Gasteiger charge is -2.18. The molecular formula is C15H20F2N2. The summed E-state index contributed by atoms with van der Waals surface area (Å²) in [6.45, 7) is 9.01. The van der Waals surface area contributed by atoms with E-state index < -0.39 is 11.6 Å². The van der Waals surface area contributed by atoms with Crippen LogP contribution in [0, 0.1) is 18.3 Å². The summed E-state index contributed by atoms with van der Waals surface area (Å²) in [6, 6.07) is 2.55. The Balaban J connectivity index is 2.23. The molecule has 0 N–H and O–H groups in total. The molecule has 1 aromatic rings. The van der Waals surface area contributed by atoms with Crippen molar-refractivity contribution >= 4 is 11.4 Å². The molecule has 0 unspecified atom stereocenters. The highest BCUT2D eigenvalue weighted by Crippen LogP contribution is 2.39. The van der Waals surface area contributed by atoms with Crippen LogP contribution in [-0.2, 0) is 0 Å². The van der Waals surface area contributed by atoms with Crippen LogP contribution < -0.4 is 9.80 Å². The summed E-state index contributed by atoms with van der Waals surface area (Å²) in [4.78, 5) is 3.80. The SMILES string of the molecule is CCCCN1[C]N(CCCC)c2cc(F)c(F)cc21. The van der Waals surface area contributed by atoms with Gasteiger partial charge in [-0.25, -0.2) is 8.78 Å². The van der Waals surface area contributed by atoms with Crippen molar-refractivity contribution in [2.24, 2.45) is 0 Å². The predicted octanol–water partition coefficient (Wildman–Crippen LogP) is 4.19. The van der Waals surface area contributed by atoms with Crippen LogP contribution in [0.3, 0.4) is 0 Å². The van der Waals surface area contributed by atoms with Crippen LogP contribution in [0.2, 0.25) is 0 Å². The average molecular weight is 266 g/mol. The Labute approximate surface area is 114 Å². The number of rotatable bonds is 6. The minimum Gasteiger partial charge on any atom is -0.339 e. The first-order valence-electron chi connectivity index (χ1n) is 6.97. The summed E-state index contributed by atoms with van der Waals surface area (Å²) in [7, 11) is 0. The second-order valence-corrected chi connectivity index (χ2v) is 4.87. The van der Waals surface area contributed by atoms with Crippen LogP contribution in [0.5, 0.6) is 0 Å². The number of halogens is 2. The van der Waals surface area contributed by atoms with Gasteiger partial charge in [-0.2, -0.15) is 0 Å². The van der Waals surface area contributed by atoms with Crippen LogP contribution in [0.15, 0.2) is 12.1 Å². The van der Waals surface area contributed by atoms with Gasteiger partial charge in [-0.05, 0) is 12.8 Å². The largest absolute Gasteiger partial charge is 0.339 e. The number of fused-ring (bicyclic) bond motifs is 1. The zero-order valence-electron chi connectivity index (χ0n) is 11.5. The molecule has 2 nitrogen and oxygen atoms in total. The van der Waals surface area contributed by atoms with Crippen molar-refractivity contribution in [1.29, 1.82) is 0 Å². The van der Waals surface area contributed by atoms with E-state index in [2.05, 4.69) is 20.5 Å². The van der Waals surface area contributed by atoms with Crippen molar-refractivity contribution in [3.05, 3.63) is 30.4 Å². The highest BCUT2D eigenvalue weighted by Gasteiger charge is 2.28. The normalized spacial score (nSPS) is 14.1. The Morgan fingerprint density at radius 3 is 1.68 bits per heavy atom. The van der Waals surface area contributed by atoms with E-state index >= 15 is 0 Å². The van der Waals surface area contributed by atoms with E-state index in [1.165, 1.54) is 12.1 Å². The van der Waals surface area contributed by atoms with Gasteiger partial charge in [-0.15, -0.1) is 0 Å². The maximum Gasteiger partial charge on any atom is 0.208 e. The van der Waals surface area contributed by atoms with Gasteiger partial charge in [0.1, 0.15) is 0 Å². The smallest absolute Gasteiger partial charge is 0.208 e. The first-order chi connectivity index (χ1) is 9.17. The topological polar surface area (TPSA) is 6.48 Å². The number of nitrogens with zero attached hydrogens (tertiary/aromatic N) is 2. The fourth-order valence-electron chi connectivity index (χ4n) is 2.19. The molecule has 0 fully saturated rings. The van der Waals surface area contributed by atoms with Crippen LogP contribution in [0.4, 0.5) is 20.2 Å². The third-order valence-corrected chi connectivity index (χ3v) is 3.31. The van der Waals surface area contributed by atoms with Crippen LogP contribution in [0.25, 0.3) is 0 Å². The van der Waals surface area contributed by atoms with Gasteiger partial charge in [0.15, 0.2) is 11.6 Å². The molecule has 0 atom stereocenters. The molecule has 2 radical (unpaired) electrons. The Hall–Kier alpha value is -1.32. The second kappa shape index (κ2) is 6.22. The second-order valence-electron chi connectivity index (χ2n) is 4.87. The highest BCUT2D eigenvalue weighted by molar-refractivity contribution is 5.78. The van der Waals surface area contributed by atoms with E-state index in [1.807, 2.05) is 9.80 Å². The third kappa shape index (κ3) is 2.99. The molecule has 1 aromatic carbocycles. The van der Waals surface area contributed by atoms with Crippen molar-refractivity contribution < 1.29 is 8.78 Å². The molecule has 0 aliphatic carbocycles. The van der Waals surface area contributed by atoms with Gasteiger partial charge in [0.2, 0.25) is 6.67 Å². The molecule has 0 aromatic heterocycles. The molecule has 1 aliphatic rings. The van der Waals surface area contributed by atoms with Crippen LogP contribution in [0.1, 0.15) is 39.5 Å². The summed E-state index contributed by atoms with van der Waals surface area (Å²) in [5.74, 6) is -1.58. The van der Waals surface area contributed by atoms with Gasteiger partial charge < -0.3 is 9.80 Å². The number of anilines is 2. The van der Waals surface area contributed by atoms with Crippen molar-refractivity contribution in [3.63, 3.8) is 0 Å². The Bertz CT molecular complexity index is 395. The molecule has 0 saturated heterocycles. The third-order valence-electron chi connectivity index (χ3n) is 3.31. The maximum atomic E-state index is 13.4. The van der Waals surface area contributed by atoms with Gasteiger partial charge in [0, 0.05) is 25.2 Å². The lowest BCUT2D eigenvalue weighted by atomic mass is 10.2. The lowest BCUT2D eigenvalue weighted by molar-refractivity contribution is 0.509. The van der Waals surface area contributed by atoms with Gasteiger partial charge in [-0.3, -0.25) is 0 Å². The molecule has 0 spiro atoms. The van der Waals surface area contributed by atoms with E-state index in [9.17, 15) is 8.78 Å². The zero-order chi connectivity index (χ0) is 13.8. The van der Waals surface area contributed by atoms with Crippen LogP contribution in [-0.4, -0.2) is 13.1 Å². The number of benzene rings is 1. The predicted molar refractivity (Wildman–Crippen MR) is 74.1 cm³/mol. The summed E-state index contributed by atoms with van der Waals surface area (Å²) >= 11 is 0. The molecule has 1 aliphatic heterocycles. The van der Waals surface area contributed by atoms with Crippen molar-refractivity contribution in [2.75, 3.05) is 22.9 Å². The molecule has 1 heterocycles. The highest BCUT2D eigenvalue weighted by atomic mass is 19.2. The quantitative estimate of drug-likeness (QED) is 0.762. The summed E-state index contributed by atoms with van der Waals surface area (Å²) in [6.07, 6.45) is 4.14. The van der Waals surface area contributed by atoms with Crippen molar-refractivity contribution in [2.45, 2.75) is 39.5 Å². The van der Waals surface area contributed by atoms with E-state index in [0.717, 1.165) is 50.1 Å². The molecule has 104 valence electrons. The van der Waals surface area contributed by atoms with Gasteiger partial charge in [0.25, 0.3) is 0 Å². The first-order valence-corrected chi connectivity index (χ1v) is 6.97. The van der Waals surface area contributed by atoms with Crippen molar-refractivity contribution in [3.8, 4) is 0 Å². The number of hydrogen-bond acceptors (Lipinski definition) is 2. The monoisotopic (exact) mass is 266 g/mol. The minimum atomic E-state index is -0.792. The lowest BCUT2D eigenvalue weighted by Crippen LogP contribution is -2.26. The summed E-state index contributed by atoms with van der Waals surface area (Å²) < 4.78 is 26.8. The first kappa shape index (κ1) is 14.1.